The van der Waals surface area contributed by atoms with E-state index in [-0.39, 0.29) is 12.1 Å². The molecule has 19 heavy (non-hydrogen) atoms. The molecule has 2 N–H and O–H groups in total. The van der Waals surface area contributed by atoms with Crippen molar-refractivity contribution in [1.29, 1.82) is 0 Å². The summed E-state index contributed by atoms with van der Waals surface area (Å²) in [6.45, 7) is 2.81. The van der Waals surface area contributed by atoms with Crippen molar-refractivity contribution >= 4 is 5.69 Å². The van der Waals surface area contributed by atoms with Crippen molar-refractivity contribution in [3.05, 3.63) is 29.3 Å². The lowest BCUT2D eigenvalue weighted by molar-refractivity contribution is -0.138. The summed E-state index contributed by atoms with van der Waals surface area (Å²) in [7, 11) is 0. The molecule has 0 spiro atoms. The van der Waals surface area contributed by atoms with Gasteiger partial charge in [0, 0.05) is 24.8 Å². The minimum Gasteiger partial charge on any atom is -0.369 e. The van der Waals surface area contributed by atoms with Crippen LogP contribution in [0.5, 0.6) is 0 Å². The van der Waals surface area contributed by atoms with Gasteiger partial charge in [0.15, 0.2) is 0 Å². The summed E-state index contributed by atoms with van der Waals surface area (Å²) in [6, 6.07) is 4.86. The fourth-order valence-corrected chi connectivity index (χ4v) is 2.79. The second-order valence-corrected chi connectivity index (χ2v) is 4.94. The van der Waals surface area contributed by atoms with Gasteiger partial charge in [-0.1, -0.05) is 13.0 Å². The highest BCUT2D eigenvalue weighted by molar-refractivity contribution is 5.53. The first-order valence-corrected chi connectivity index (χ1v) is 6.64. The van der Waals surface area contributed by atoms with Crippen LogP contribution in [0.2, 0.25) is 0 Å². The zero-order chi connectivity index (χ0) is 14.0. The summed E-state index contributed by atoms with van der Waals surface area (Å²) in [5.74, 6) is 0. The van der Waals surface area contributed by atoms with Crippen LogP contribution in [0.1, 0.15) is 37.3 Å². The molecule has 1 aromatic carbocycles. The van der Waals surface area contributed by atoms with Crippen LogP contribution in [-0.2, 0) is 12.7 Å². The first kappa shape index (κ1) is 14.2. The number of hydrogen-bond donors (Lipinski definition) is 1. The highest BCUT2D eigenvalue weighted by Crippen LogP contribution is 2.36. The van der Waals surface area contributed by atoms with Gasteiger partial charge in [-0.05, 0) is 37.0 Å². The lowest BCUT2D eigenvalue weighted by Crippen LogP contribution is -2.28. The van der Waals surface area contributed by atoms with E-state index in [2.05, 4.69) is 11.8 Å². The van der Waals surface area contributed by atoms with Crippen LogP contribution < -0.4 is 10.6 Å². The minimum absolute atomic E-state index is 0.0909. The molecule has 2 nitrogen and oxygen atoms in total. The summed E-state index contributed by atoms with van der Waals surface area (Å²) in [5.41, 5.74) is 5.61. The normalized spacial score (nSPS) is 20.1. The molecule has 0 amide bonds. The first-order chi connectivity index (χ1) is 8.97. The molecule has 1 saturated heterocycles. The van der Waals surface area contributed by atoms with Gasteiger partial charge in [-0.25, -0.2) is 0 Å². The summed E-state index contributed by atoms with van der Waals surface area (Å²) in [4.78, 5) is 2.08. The quantitative estimate of drug-likeness (QED) is 0.912. The molecule has 0 bridgehead atoms. The second kappa shape index (κ2) is 5.41. The lowest BCUT2D eigenvalue weighted by atomic mass is 10.0. The topological polar surface area (TPSA) is 29.3 Å². The maximum Gasteiger partial charge on any atom is 0.416 e. The van der Waals surface area contributed by atoms with Crippen molar-refractivity contribution in [3.8, 4) is 0 Å². The number of hydrogen-bond acceptors (Lipinski definition) is 2. The van der Waals surface area contributed by atoms with E-state index in [4.69, 9.17) is 5.73 Å². The maximum absolute atomic E-state index is 13.0. The molecule has 1 unspecified atom stereocenters. The van der Waals surface area contributed by atoms with Crippen molar-refractivity contribution in [1.82, 2.24) is 0 Å². The van der Waals surface area contributed by atoms with Gasteiger partial charge in [0.1, 0.15) is 0 Å². The molecule has 1 heterocycles. The lowest BCUT2D eigenvalue weighted by Gasteiger charge is -2.27. The van der Waals surface area contributed by atoms with Crippen LogP contribution in [0.25, 0.3) is 0 Å². The van der Waals surface area contributed by atoms with Gasteiger partial charge in [-0.3, -0.25) is 0 Å². The highest BCUT2D eigenvalue weighted by Gasteiger charge is 2.34. The minimum atomic E-state index is -4.34. The van der Waals surface area contributed by atoms with Gasteiger partial charge in [0.2, 0.25) is 0 Å². The van der Waals surface area contributed by atoms with Gasteiger partial charge < -0.3 is 10.6 Å². The van der Waals surface area contributed by atoms with E-state index in [1.54, 1.807) is 6.07 Å². The van der Waals surface area contributed by atoms with Crippen LogP contribution in [0.3, 0.4) is 0 Å². The number of alkyl halides is 3. The molecule has 1 aromatic rings. The Morgan fingerprint density at radius 1 is 1.37 bits per heavy atom. The molecule has 1 fully saturated rings. The van der Waals surface area contributed by atoms with Crippen molar-refractivity contribution in [2.75, 3.05) is 11.4 Å². The SMILES string of the molecule is CCC1CCCN1c1ccc(CN)c(C(F)(F)F)c1. The van der Waals surface area contributed by atoms with Crippen molar-refractivity contribution in [2.45, 2.75) is 44.9 Å². The molecule has 0 radical (unpaired) electrons. The van der Waals surface area contributed by atoms with Gasteiger partial charge in [-0.2, -0.15) is 13.2 Å². The van der Waals surface area contributed by atoms with Gasteiger partial charge >= 0.3 is 6.18 Å². The van der Waals surface area contributed by atoms with E-state index in [0.29, 0.717) is 11.7 Å². The van der Waals surface area contributed by atoms with Crippen LogP contribution >= 0.6 is 0 Å². The summed E-state index contributed by atoms with van der Waals surface area (Å²) in [6.07, 6.45) is -1.29. The Balaban J connectivity index is 2.38. The number of halogens is 3. The molecule has 2 rings (SSSR count). The zero-order valence-corrected chi connectivity index (χ0v) is 11.0. The van der Waals surface area contributed by atoms with E-state index >= 15 is 0 Å². The van der Waals surface area contributed by atoms with Gasteiger partial charge in [-0.15, -0.1) is 0 Å². The fraction of sp³-hybridized carbons (Fsp3) is 0.571. The van der Waals surface area contributed by atoms with Crippen LogP contribution in [0.15, 0.2) is 18.2 Å². The molecular formula is C14H19F3N2. The molecule has 1 aliphatic rings. The second-order valence-electron chi connectivity index (χ2n) is 4.94. The van der Waals surface area contributed by atoms with Crippen molar-refractivity contribution < 1.29 is 13.2 Å². The average molecular weight is 272 g/mol. The Bertz CT molecular complexity index is 443. The molecule has 1 atom stereocenters. The Morgan fingerprint density at radius 3 is 2.68 bits per heavy atom. The van der Waals surface area contributed by atoms with Crippen LogP contribution in [0, 0.1) is 0 Å². The van der Waals surface area contributed by atoms with Crippen molar-refractivity contribution in [2.24, 2.45) is 5.73 Å². The largest absolute Gasteiger partial charge is 0.416 e. The van der Waals surface area contributed by atoms with E-state index < -0.39 is 11.7 Å². The standard InChI is InChI=1S/C14H19F3N2/c1-2-11-4-3-7-19(11)12-6-5-10(9-18)13(8-12)14(15,16)17/h5-6,8,11H,2-4,7,9,18H2,1H3. The van der Waals surface area contributed by atoms with Crippen LogP contribution in [0.4, 0.5) is 18.9 Å². The highest BCUT2D eigenvalue weighted by atomic mass is 19.4. The molecule has 0 aromatic heterocycles. The average Bonchev–Trinajstić information content (AvgIpc) is 2.85. The molecule has 106 valence electrons. The molecule has 1 aliphatic heterocycles. The van der Waals surface area contributed by atoms with E-state index in [9.17, 15) is 13.2 Å². The summed E-state index contributed by atoms with van der Waals surface area (Å²) >= 11 is 0. The molecule has 5 heteroatoms. The van der Waals surface area contributed by atoms with Gasteiger partial charge in [0.05, 0.1) is 5.56 Å². The number of nitrogens with two attached hydrogens (primary N) is 1. The predicted octanol–water partition coefficient (Wildman–Crippen LogP) is 3.54. The monoisotopic (exact) mass is 272 g/mol. The van der Waals surface area contributed by atoms with E-state index in [1.807, 2.05) is 0 Å². The molecule has 0 saturated carbocycles. The number of nitrogens with zero attached hydrogens (tertiary/aromatic N) is 1. The van der Waals surface area contributed by atoms with Crippen LogP contribution in [-0.4, -0.2) is 12.6 Å². The molecular weight excluding hydrogens is 253 g/mol. The van der Waals surface area contributed by atoms with E-state index in [0.717, 1.165) is 25.8 Å². The van der Waals surface area contributed by atoms with E-state index in [1.165, 1.54) is 12.1 Å². The van der Waals surface area contributed by atoms with Crippen molar-refractivity contribution in [3.63, 3.8) is 0 Å². The fourth-order valence-electron chi connectivity index (χ4n) is 2.79. The van der Waals surface area contributed by atoms with Gasteiger partial charge in [0.25, 0.3) is 0 Å². The number of anilines is 1. The first-order valence-electron chi connectivity index (χ1n) is 6.64. The Morgan fingerprint density at radius 2 is 2.11 bits per heavy atom. The number of benzene rings is 1. The molecule has 0 aliphatic carbocycles. The Hall–Kier alpha value is -1.23. The third-order valence-electron chi connectivity index (χ3n) is 3.80. The Kier molecular flexibility index (Phi) is 4.04. The third kappa shape index (κ3) is 2.86. The smallest absolute Gasteiger partial charge is 0.369 e. The summed E-state index contributed by atoms with van der Waals surface area (Å²) in [5, 5.41) is 0. The number of rotatable bonds is 3. The maximum atomic E-state index is 13.0. The Labute approximate surface area is 111 Å². The summed E-state index contributed by atoms with van der Waals surface area (Å²) < 4.78 is 39.0. The zero-order valence-electron chi connectivity index (χ0n) is 11.0. The predicted molar refractivity (Wildman–Crippen MR) is 70.0 cm³/mol. The third-order valence-corrected chi connectivity index (χ3v) is 3.80.